The second-order valence-corrected chi connectivity index (χ2v) is 17.1. The van der Waals surface area contributed by atoms with Crippen molar-refractivity contribution in [3.63, 3.8) is 0 Å². The number of nitrogens with one attached hydrogen (secondary N) is 5. The highest BCUT2D eigenvalue weighted by Gasteiger charge is 2.41. The van der Waals surface area contributed by atoms with Gasteiger partial charge in [-0.05, 0) is 68.4 Å². The monoisotopic (exact) mass is 858 g/mol. The Bertz CT molecular complexity index is 2310. The van der Waals surface area contributed by atoms with E-state index >= 15 is 0 Å². The molecule has 5 aliphatic rings. The predicted octanol–water partition coefficient (Wildman–Crippen LogP) is 3.72. The van der Waals surface area contributed by atoms with Crippen molar-refractivity contribution in [3.05, 3.63) is 64.8 Å². The number of benzene rings is 2. The highest BCUT2D eigenvalue weighted by atomic mass is 16.5. The molecule has 1 aliphatic carbocycles. The highest BCUT2D eigenvalue weighted by Crippen LogP contribution is 2.40. The molecule has 8 rings (SSSR count). The Morgan fingerprint density at radius 1 is 1.10 bits per heavy atom. The van der Waals surface area contributed by atoms with Crippen LogP contribution in [0.5, 0.6) is 5.75 Å². The van der Waals surface area contributed by atoms with Crippen LogP contribution in [0.2, 0.25) is 0 Å². The zero-order chi connectivity index (χ0) is 44.2. The summed E-state index contributed by atoms with van der Waals surface area (Å²) in [7, 11) is 3.35. The van der Waals surface area contributed by atoms with Gasteiger partial charge in [-0.3, -0.25) is 25.2 Å². The molecular weight excluding hydrogens is 801 g/mol. The molecule has 63 heavy (non-hydrogen) atoms. The molecule has 332 valence electrons. The summed E-state index contributed by atoms with van der Waals surface area (Å²) in [5, 5.41) is 26.1. The second-order valence-electron chi connectivity index (χ2n) is 17.1. The van der Waals surface area contributed by atoms with Gasteiger partial charge < -0.3 is 50.8 Å². The van der Waals surface area contributed by atoms with Crippen LogP contribution in [0.4, 0.5) is 23.1 Å². The number of nitrogens with zero attached hydrogens (tertiary/aromatic N) is 6. The third-order valence-corrected chi connectivity index (χ3v) is 12.9. The fraction of sp³-hybridized carbons (Fsp3) is 0.500. The standard InChI is InChI=1S/C46H58N12O5/c1-4-36-45(61)55(2)38-24-50-46(54-43(38)58(36)32-11-5-6-12-32)52-35-15-14-29(23-39(35)62-3)44(60)51-31-18-20-56(21-19-31)25-30(47)27-63-22-8-10-28-9-7-13-33-34(28)26-57(42(33)49)37-16-17-40(59)53-41(37)48/h7,9,13-15,23-24,30-32,36-37,49H,4-6,11-12,16-22,25-27,47H2,1-3H3,(H,51,60)(H2,48,53,59)(H,50,52,54)/t30-,36+,37?/m0/s1. The number of fused-ring (bicyclic) bond motifs is 2. The number of ether oxygens (including phenoxy) is 2. The zero-order valence-corrected chi connectivity index (χ0v) is 36.3. The zero-order valence-electron chi connectivity index (χ0n) is 36.3. The molecule has 3 atom stereocenters. The quantitative estimate of drug-likeness (QED) is 0.107. The van der Waals surface area contributed by atoms with Crippen molar-refractivity contribution in [2.24, 2.45) is 5.73 Å². The fourth-order valence-electron chi connectivity index (χ4n) is 9.59. The molecule has 3 aromatic rings. The number of rotatable bonds is 13. The lowest BCUT2D eigenvalue weighted by Gasteiger charge is -2.43. The molecule has 17 heteroatoms. The second kappa shape index (κ2) is 19.1. The van der Waals surface area contributed by atoms with Crippen molar-refractivity contribution in [2.45, 2.75) is 101 Å². The van der Waals surface area contributed by atoms with E-state index in [1.165, 1.54) is 0 Å². The maximum Gasteiger partial charge on any atom is 0.251 e. The molecule has 3 fully saturated rings. The topological polar surface area (TPSA) is 218 Å². The van der Waals surface area contributed by atoms with E-state index in [-0.39, 0.29) is 60.4 Å². The molecule has 1 aromatic heterocycles. The predicted molar refractivity (Wildman–Crippen MR) is 241 cm³/mol. The number of carbonyl (C=O) groups excluding carboxylic acids is 3. The maximum absolute atomic E-state index is 13.4. The number of amidine groups is 2. The first-order chi connectivity index (χ1) is 30.5. The lowest BCUT2D eigenvalue weighted by atomic mass is 10.0. The van der Waals surface area contributed by atoms with Crippen LogP contribution in [-0.4, -0.2) is 126 Å². The summed E-state index contributed by atoms with van der Waals surface area (Å²) in [5.74, 6) is 8.15. The number of methoxy groups -OCH3 is 1. The van der Waals surface area contributed by atoms with E-state index in [0.29, 0.717) is 73.4 Å². The van der Waals surface area contributed by atoms with E-state index in [4.69, 9.17) is 31.0 Å². The molecular formula is C46H58N12O5. The Morgan fingerprint density at radius 2 is 1.89 bits per heavy atom. The molecule has 2 aromatic carbocycles. The maximum atomic E-state index is 13.4. The number of likely N-dealkylation sites (N-methyl/N-ethyl adjacent to an activating group) is 1. The van der Waals surface area contributed by atoms with Crippen molar-refractivity contribution in [3.8, 4) is 17.6 Å². The Balaban J connectivity index is 0.788. The summed E-state index contributed by atoms with van der Waals surface area (Å²) in [6.45, 7) is 5.34. The number of likely N-dealkylation sites (tertiary alicyclic amines) is 1. The molecule has 3 amide bonds. The van der Waals surface area contributed by atoms with Crippen molar-refractivity contribution in [2.75, 3.05) is 62.1 Å². The lowest BCUT2D eigenvalue weighted by Crippen LogP contribution is -2.55. The Morgan fingerprint density at radius 3 is 2.63 bits per heavy atom. The van der Waals surface area contributed by atoms with E-state index in [1.54, 1.807) is 43.5 Å². The number of nitrogens with two attached hydrogens (primary N) is 1. The van der Waals surface area contributed by atoms with Crippen LogP contribution in [0.25, 0.3) is 0 Å². The van der Waals surface area contributed by atoms with Crippen LogP contribution >= 0.6 is 0 Å². The van der Waals surface area contributed by atoms with E-state index < -0.39 is 0 Å². The van der Waals surface area contributed by atoms with Gasteiger partial charge in [0, 0.05) is 74.5 Å². The molecule has 1 saturated carbocycles. The number of anilines is 4. The largest absolute Gasteiger partial charge is 0.495 e. The van der Waals surface area contributed by atoms with Gasteiger partial charge >= 0.3 is 0 Å². The molecule has 5 heterocycles. The van der Waals surface area contributed by atoms with Gasteiger partial charge in [-0.2, -0.15) is 4.98 Å². The molecule has 0 bridgehead atoms. The van der Waals surface area contributed by atoms with Gasteiger partial charge in [0.15, 0.2) is 5.82 Å². The summed E-state index contributed by atoms with van der Waals surface area (Å²) in [5.41, 5.74) is 10.8. The Hall–Kier alpha value is -6.09. The first-order valence-corrected chi connectivity index (χ1v) is 22.1. The number of carbonyl (C=O) groups is 3. The van der Waals surface area contributed by atoms with Gasteiger partial charge in [-0.1, -0.05) is 43.7 Å². The summed E-state index contributed by atoms with van der Waals surface area (Å²) in [4.78, 5) is 56.0. The average molecular weight is 859 g/mol. The van der Waals surface area contributed by atoms with Crippen molar-refractivity contribution in [1.29, 1.82) is 10.8 Å². The number of aromatic nitrogens is 2. The van der Waals surface area contributed by atoms with E-state index in [0.717, 1.165) is 74.1 Å². The third-order valence-electron chi connectivity index (χ3n) is 12.9. The summed E-state index contributed by atoms with van der Waals surface area (Å²) < 4.78 is 11.6. The smallest absolute Gasteiger partial charge is 0.251 e. The molecule has 0 radical (unpaired) electrons. The highest BCUT2D eigenvalue weighted by molar-refractivity contribution is 6.07. The minimum Gasteiger partial charge on any atom is -0.495 e. The Kier molecular flexibility index (Phi) is 13.2. The minimum atomic E-state index is -0.334. The molecule has 17 nitrogen and oxygen atoms in total. The summed E-state index contributed by atoms with van der Waals surface area (Å²) in [6.07, 6.45) is 9.17. The number of hydrogen-bond acceptors (Lipinski definition) is 13. The van der Waals surface area contributed by atoms with Crippen LogP contribution in [-0.2, 0) is 20.9 Å². The van der Waals surface area contributed by atoms with E-state index in [1.807, 2.05) is 30.0 Å². The van der Waals surface area contributed by atoms with Gasteiger partial charge in [-0.25, -0.2) is 4.98 Å². The summed E-state index contributed by atoms with van der Waals surface area (Å²) >= 11 is 0. The molecule has 2 saturated heterocycles. The van der Waals surface area contributed by atoms with Crippen molar-refractivity contribution >= 4 is 52.5 Å². The normalized spacial score (nSPS) is 21.1. The van der Waals surface area contributed by atoms with Crippen LogP contribution in [0.1, 0.15) is 91.8 Å². The third kappa shape index (κ3) is 9.34. The average Bonchev–Trinajstić information content (AvgIpc) is 3.94. The molecule has 1 unspecified atom stereocenters. The van der Waals surface area contributed by atoms with Crippen molar-refractivity contribution < 1.29 is 23.9 Å². The van der Waals surface area contributed by atoms with Crippen molar-refractivity contribution in [1.82, 2.24) is 30.4 Å². The van der Waals surface area contributed by atoms with Gasteiger partial charge in [-0.15, -0.1) is 0 Å². The lowest BCUT2D eigenvalue weighted by molar-refractivity contribution is -0.121. The first kappa shape index (κ1) is 43.6. The van der Waals surface area contributed by atoms with E-state index in [2.05, 4.69) is 42.6 Å². The fourth-order valence-corrected chi connectivity index (χ4v) is 9.59. The van der Waals surface area contributed by atoms with Gasteiger partial charge in [0.2, 0.25) is 17.8 Å². The number of amides is 3. The number of piperidine rings is 2. The van der Waals surface area contributed by atoms with Gasteiger partial charge in [0.05, 0.1) is 31.6 Å². The Labute approximate surface area is 368 Å². The molecule has 0 spiro atoms. The minimum absolute atomic E-state index is 0.0231. The van der Waals surface area contributed by atoms with Crippen LogP contribution in [0.15, 0.2) is 42.6 Å². The SMILES string of the molecule is CC[C@@H]1C(=O)N(C)c2cnc(Nc3ccc(C(=O)NC4CCN(C[C@H](N)COCC#Cc5cccc6c5CN(C5CCC(=O)NC5=N)C6=N)CC4)cc3OC)nc2N1C1CCCC1. The summed E-state index contributed by atoms with van der Waals surface area (Å²) in [6, 6.07) is 10.5. The van der Waals surface area contributed by atoms with Crippen LogP contribution < -0.4 is 36.2 Å². The van der Waals surface area contributed by atoms with Gasteiger partial charge in [0.25, 0.3) is 5.91 Å². The van der Waals surface area contributed by atoms with E-state index in [9.17, 15) is 14.4 Å². The molecule has 4 aliphatic heterocycles. The van der Waals surface area contributed by atoms with Gasteiger partial charge in [0.1, 0.15) is 35.8 Å². The van der Waals surface area contributed by atoms with Crippen LogP contribution in [0, 0.1) is 22.7 Å². The van der Waals surface area contributed by atoms with Crippen LogP contribution in [0.3, 0.4) is 0 Å². The molecule has 7 N–H and O–H groups in total. The number of hydrogen-bond donors (Lipinski definition) is 6. The first-order valence-electron chi connectivity index (χ1n) is 22.1.